The zero-order chi connectivity index (χ0) is 13.8. The van der Waals surface area contributed by atoms with Crippen LogP contribution in [0.3, 0.4) is 0 Å². The summed E-state index contributed by atoms with van der Waals surface area (Å²) in [5, 5.41) is 14.3. The molecule has 1 aromatic rings. The van der Waals surface area contributed by atoms with Crippen molar-refractivity contribution in [2.75, 3.05) is 11.9 Å². The molecule has 2 atom stereocenters. The predicted octanol–water partition coefficient (Wildman–Crippen LogP) is 0.273. The van der Waals surface area contributed by atoms with Crippen molar-refractivity contribution in [2.45, 2.75) is 25.6 Å². The minimum absolute atomic E-state index is 0.0765. The fourth-order valence-corrected chi connectivity index (χ4v) is 1.73. The molecule has 2 rings (SSSR count). The van der Waals surface area contributed by atoms with Crippen LogP contribution in [0.25, 0.3) is 0 Å². The predicted molar refractivity (Wildman–Crippen MR) is 68.8 cm³/mol. The molecule has 1 aliphatic heterocycles. The van der Waals surface area contributed by atoms with Crippen LogP contribution in [0.5, 0.6) is 5.75 Å². The van der Waals surface area contributed by atoms with Gasteiger partial charge in [0, 0.05) is 6.54 Å². The summed E-state index contributed by atoms with van der Waals surface area (Å²) >= 11 is 0. The van der Waals surface area contributed by atoms with E-state index in [4.69, 9.17) is 9.84 Å². The van der Waals surface area contributed by atoms with Crippen LogP contribution in [-0.4, -0.2) is 35.7 Å². The van der Waals surface area contributed by atoms with Crippen LogP contribution in [0.15, 0.2) is 24.3 Å². The monoisotopic (exact) mass is 264 g/mol. The van der Waals surface area contributed by atoms with E-state index in [0.29, 0.717) is 11.4 Å². The van der Waals surface area contributed by atoms with Crippen molar-refractivity contribution in [3.05, 3.63) is 24.3 Å². The zero-order valence-electron chi connectivity index (χ0n) is 10.6. The number of nitrogens with one attached hydrogen (secondary N) is 2. The number of anilines is 1. The molecular weight excluding hydrogens is 248 g/mol. The van der Waals surface area contributed by atoms with Gasteiger partial charge in [-0.2, -0.15) is 0 Å². The highest BCUT2D eigenvalue weighted by atomic mass is 16.5. The molecule has 0 saturated carbocycles. The summed E-state index contributed by atoms with van der Waals surface area (Å²) in [6, 6.07) is 7.05. The molecule has 3 N–H and O–H groups in total. The van der Waals surface area contributed by atoms with Crippen molar-refractivity contribution < 1.29 is 19.4 Å². The summed E-state index contributed by atoms with van der Waals surface area (Å²) in [7, 11) is 0. The standard InChI is InChI=1S/C13H16N2O4/c1-8(16)7-14-12(17)6-11-13(18)15-9-4-2-3-5-10(9)19-11/h2-5,8,11,16H,6-7H2,1H3,(H,14,17)(H,15,18). The van der Waals surface area contributed by atoms with Gasteiger partial charge < -0.3 is 20.5 Å². The number of fused-ring (bicyclic) bond motifs is 1. The van der Waals surface area contributed by atoms with E-state index < -0.39 is 12.2 Å². The third kappa shape index (κ3) is 3.45. The number of para-hydroxylation sites is 2. The van der Waals surface area contributed by atoms with E-state index in [0.717, 1.165) is 0 Å². The lowest BCUT2D eigenvalue weighted by Crippen LogP contribution is -2.42. The van der Waals surface area contributed by atoms with Crippen molar-refractivity contribution in [3.8, 4) is 5.75 Å². The van der Waals surface area contributed by atoms with E-state index in [-0.39, 0.29) is 24.8 Å². The Morgan fingerprint density at radius 2 is 2.26 bits per heavy atom. The first kappa shape index (κ1) is 13.4. The van der Waals surface area contributed by atoms with Crippen LogP contribution in [0.2, 0.25) is 0 Å². The third-order valence-electron chi connectivity index (χ3n) is 2.67. The van der Waals surface area contributed by atoms with Gasteiger partial charge in [0.2, 0.25) is 5.91 Å². The number of amides is 2. The molecule has 1 aromatic carbocycles. The molecule has 1 aliphatic rings. The van der Waals surface area contributed by atoms with Gasteiger partial charge in [-0.3, -0.25) is 9.59 Å². The molecule has 0 radical (unpaired) electrons. The molecule has 1 heterocycles. The maximum absolute atomic E-state index is 11.8. The first-order chi connectivity index (χ1) is 9.06. The van der Waals surface area contributed by atoms with E-state index >= 15 is 0 Å². The second kappa shape index (κ2) is 5.71. The fourth-order valence-electron chi connectivity index (χ4n) is 1.73. The molecule has 6 nitrogen and oxygen atoms in total. The zero-order valence-corrected chi connectivity index (χ0v) is 10.6. The minimum atomic E-state index is -0.844. The Morgan fingerprint density at radius 3 is 3.00 bits per heavy atom. The van der Waals surface area contributed by atoms with Gasteiger partial charge in [-0.15, -0.1) is 0 Å². The van der Waals surface area contributed by atoms with Crippen LogP contribution < -0.4 is 15.4 Å². The van der Waals surface area contributed by atoms with Gasteiger partial charge in [0.05, 0.1) is 18.2 Å². The average molecular weight is 264 g/mol. The highest BCUT2D eigenvalue weighted by Gasteiger charge is 2.29. The lowest BCUT2D eigenvalue weighted by atomic mass is 10.1. The summed E-state index contributed by atoms with van der Waals surface area (Å²) in [5.74, 6) is -0.123. The smallest absolute Gasteiger partial charge is 0.266 e. The number of carbonyl (C=O) groups excluding carboxylic acids is 2. The van der Waals surface area contributed by atoms with Gasteiger partial charge in [0.25, 0.3) is 5.91 Å². The van der Waals surface area contributed by atoms with E-state index in [1.807, 2.05) is 0 Å². The summed E-state index contributed by atoms with van der Waals surface area (Å²) < 4.78 is 5.49. The summed E-state index contributed by atoms with van der Waals surface area (Å²) in [5.41, 5.74) is 0.605. The number of carbonyl (C=O) groups is 2. The Balaban J connectivity index is 1.95. The molecule has 0 fully saturated rings. The number of rotatable bonds is 4. The molecule has 0 spiro atoms. The largest absolute Gasteiger partial charge is 0.478 e. The quantitative estimate of drug-likeness (QED) is 0.728. The molecule has 19 heavy (non-hydrogen) atoms. The average Bonchev–Trinajstić information content (AvgIpc) is 2.37. The fraction of sp³-hybridized carbons (Fsp3) is 0.385. The molecule has 0 bridgehead atoms. The minimum Gasteiger partial charge on any atom is -0.478 e. The first-order valence-corrected chi connectivity index (χ1v) is 6.07. The molecule has 0 aromatic heterocycles. The molecular formula is C13H16N2O4. The number of benzene rings is 1. The first-order valence-electron chi connectivity index (χ1n) is 6.07. The van der Waals surface area contributed by atoms with Crippen molar-refractivity contribution in [1.29, 1.82) is 0 Å². The molecule has 2 amide bonds. The second-order valence-electron chi connectivity index (χ2n) is 4.45. The van der Waals surface area contributed by atoms with E-state index in [1.54, 1.807) is 31.2 Å². The number of hydrogen-bond donors (Lipinski definition) is 3. The van der Waals surface area contributed by atoms with E-state index in [2.05, 4.69) is 10.6 Å². The van der Waals surface area contributed by atoms with Crippen LogP contribution in [0.4, 0.5) is 5.69 Å². The van der Waals surface area contributed by atoms with Gasteiger partial charge in [-0.1, -0.05) is 12.1 Å². The Kier molecular flexibility index (Phi) is 4.01. The molecule has 2 unspecified atom stereocenters. The van der Waals surface area contributed by atoms with Gasteiger partial charge in [-0.05, 0) is 19.1 Å². The van der Waals surface area contributed by atoms with Crippen LogP contribution in [0.1, 0.15) is 13.3 Å². The third-order valence-corrected chi connectivity index (χ3v) is 2.67. The van der Waals surface area contributed by atoms with E-state index in [1.165, 1.54) is 0 Å². The Morgan fingerprint density at radius 1 is 1.53 bits per heavy atom. The lowest BCUT2D eigenvalue weighted by molar-refractivity contribution is -0.130. The summed E-state index contributed by atoms with van der Waals surface area (Å²) in [6.07, 6.45) is -1.54. The van der Waals surface area contributed by atoms with Gasteiger partial charge in [0.1, 0.15) is 5.75 Å². The number of ether oxygens (including phenoxy) is 1. The van der Waals surface area contributed by atoms with Gasteiger partial charge in [-0.25, -0.2) is 0 Å². The second-order valence-corrected chi connectivity index (χ2v) is 4.45. The highest BCUT2D eigenvalue weighted by Crippen LogP contribution is 2.29. The maximum atomic E-state index is 11.8. The van der Waals surface area contributed by atoms with Crippen molar-refractivity contribution in [2.24, 2.45) is 0 Å². The Labute approximate surface area is 110 Å². The summed E-state index contributed by atoms with van der Waals surface area (Å²) in [6.45, 7) is 1.73. The van der Waals surface area contributed by atoms with Crippen LogP contribution in [-0.2, 0) is 9.59 Å². The van der Waals surface area contributed by atoms with Crippen molar-refractivity contribution in [1.82, 2.24) is 5.32 Å². The van der Waals surface area contributed by atoms with Gasteiger partial charge >= 0.3 is 0 Å². The van der Waals surface area contributed by atoms with Crippen molar-refractivity contribution in [3.63, 3.8) is 0 Å². The molecule has 0 aliphatic carbocycles. The van der Waals surface area contributed by atoms with Crippen LogP contribution in [0, 0.1) is 0 Å². The molecule has 6 heteroatoms. The highest BCUT2D eigenvalue weighted by molar-refractivity contribution is 5.99. The van der Waals surface area contributed by atoms with Crippen LogP contribution >= 0.6 is 0 Å². The Hall–Kier alpha value is -2.08. The SMILES string of the molecule is CC(O)CNC(=O)CC1Oc2ccccc2NC1=O. The molecule has 0 saturated heterocycles. The topological polar surface area (TPSA) is 87.7 Å². The Bertz CT molecular complexity index is 487. The number of aliphatic hydroxyl groups excluding tert-OH is 1. The van der Waals surface area contributed by atoms with E-state index in [9.17, 15) is 9.59 Å². The maximum Gasteiger partial charge on any atom is 0.266 e. The van der Waals surface area contributed by atoms with Gasteiger partial charge in [0.15, 0.2) is 6.10 Å². The number of hydrogen-bond acceptors (Lipinski definition) is 4. The van der Waals surface area contributed by atoms with Crippen molar-refractivity contribution >= 4 is 17.5 Å². The normalized spacial score (nSPS) is 18.8. The molecule has 102 valence electrons. The summed E-state index contributed by atoms with van der Waals surface area (Å²) in [4.78, 5) is 23.4. The number of aliphatic hydroxyl groups is 1. The lowest BCUT2D eigenvalue weighted by Gasteiger charge is -2.25.